The van der Waals surface area contributed by atoms with Crippen molar-refractivity contribution in [1.82, 2.24) is 10.4 Å². The van der Waals surface area contributed by atoms with Crippen LogP contribution in [0.3, 0.4) is 0 Å². The van der Waals surface area contributed by atoms with Crippen LogP contribution < -0.4 is 5.43 Å². The number of hydrogen-bond donors (Lipinski definition) is 1. The van der Waals surface area contributed by atoms with E-state index >= 15 is 0 Å². The Labute approximate surface area is 116 Å². The molecule has 19 heavy (non-hydrogen) atoms. The SMILES string of the molecule is CC(Cc1cccc(F)c1)NN1C(C)CCCC1C. The van der Waals surface area contributed by atoms with E-state index in [1.54, 1.807) is 12.1 Å². The summed E-state index contributed by atoms with van der Waals surface area (Å²) in [5.41, 5.74) is 4.65. The minimum atomic E-state index is -0.149. The lowest BCUT2D eigenvalue weighted by Crippen LogP contribution is -2.55. The van der Waals surface area contributed by atoms with E-state index < -0.39 is 0 Å². The van der Waals surface area contributed by atoms with E-state index in [2.05, 4.69) is 31.2 Å². The van der Waals surface area contributed by atoms with Crippen molar-refractivity contribution in [1.29, 1.82) is 0 Å². The quantitative estimate of drug-likeness (QED) is 0.895. The number of nitrogens with one attached hydrogen (secondary N) is 1. The maximum atomic E-state index is 13.2. The van der Waals surface area contributed by atoms with Crippen molar-refractivity contribution in [2.45, 2.75) is 64.6 Å². The molecule has 1 aliphatic heterocycles. The van der Waals surface area contributed by atoms with Crippen LogP contribution in [0.4, 0.5) is 4.39 Å². The van der Waals surface area contributed by atoms with Gasteiger partial charge in [0.15, 0.2) is 0 Å². The van der Waals surface area contributed by atoms with Crippen LogP contribution in [0.15, 0.2) is 24.3 Å². The Kier molecular flexibility index (Phi) is 4.94. The van der Waals surface area contributed by atoms with Gasteiger partial charge in [-0.15, -0.1) is 0 Å². The predicted molar refractivity (Wildman–Crippen MR) is 77.3 cm³/mol. The van der Waals surface area contributed by atoms with Crippen LogP contribution in [0.25, 0.3) is 0 Å². The van der Waals surface area contributed by atoms with Gasteiger partial charge in [0.1, 0.15) is 5.82 Å². The van der Waals surface area contributed by atoms with Crippen molar-refractivity contribution < 1.29 is 4.39 Å². The standard InChI is InChI=1S/C16H25FN2/c1-12(10-15-8-5-9-16(17)11-15)18-19-13(2)6-4-7-14(19)3/h5,8-9,11-14,18H,4,6-7,10H2,1-3H3. The normalized spacial score (nSPS) is 26.3. The summed E-state index contributed by atoms with van der Waals surface area (Å²) in [7, 11) is 0. The fourth-order valence-electron chi connectivity index (χ4n) is 2.99. The largest absolute Gasteiger partial charge is 0.252 e. The van der Waals surface area contributed by atoms with Gasteiger partial charge in [0.2, 0.25) is 0 Å². The van der Waals surface area contributed by atoms with Gasteiger partial charge in [0, 0.05) is 18.1 Å². The van der Waals surface area contributed by atoms with Crippen LogP contribution in [0, 0.1) is 5.82 Å². The number of piperidine rings is 1. The lowest BCUT2D eigenvalue weighted by atomic mass is 9.99. The molecule has 2 rings (SSSR count). The fraction of sp³-hybridized carbons (Fsp3) is 0.625. The highest BCUT2D eigenvalue weighted by Gasteiger charge is 2.25. The molecule has 1 fully saturated rings. The molecular weight excluding hydrogens is 239 g/mol. The van der Waals surface area contributed by atoms with Crippen molar-refractivity contribution in [2.75, 3.05) is 0 Å². The first kappa shape index (κ1) is 14.5. The summed E-state index contributed by atoms with van der Waals surface area (Å²) in [4.78, 5) is 0. The molecule has 1 N–H and O–H groups in total. The van der Waals surface area contributed by atoms with Crippen LogP contribution in [-0.2, 0) is 6.42 Å². The van der Waals surface area contributed by atoms with E-state index in [1.807, 2.05) is 6.07 Å². The summed E-state index contributed by atoms with van der Waals surface area (Å²) < 4.78 is 13.2. The number of hydrogen-bond acceptors (Lipinski definition) is 2. The molecule has 0 radical (unpaired) electrons. The molecule has 0 bridgehead atoms. The zero-order valence-electron chi connectivity index (χ0n) is 12.2. The average Bonchev–Trinajstić information content (AvgIpc) is 2.34. The first-order valence-electron chi connectivity index (χ1n) is 7.35. The van der Waals surface area contributed by atoms with Crippen molar-refractivity contribution in [3.63, 3.8) is 0 Å². The van der Waals surface area contributed by atoms with Gasteiger partial charge in [-0.1, -0.05) is 18.6 Å². The number of halogens is 1. The lowest BCUT2D eigenvalue weighted by molar-refractivity contribution is 0.0323. The molecule has 3 atom stereocenters. The number of hydrazine groups is 1. The highest BCUT2D eigenvalue weighted by molar-refractivity contribution is 5.17. The minimum Gasteiger partial charge on any atom is -0.252 e. The fourth-order valence-corrected chi connectivity index (χ4v) is 2.99. The zero-order chi connectivity index (χ0) is 13.8. The molecule has 3 unspecified atom stereocenters. The van der Waals surface area contributed by atoms with E-state index in [0.29, 0.717) is 18.1 Å². The van der Waals surface area contributed by atoms with Crippen molar-refractivity contribution >= 4 is 0 Å². The minimum absolute atomic E-state index is 0.149. The van der Waals surface area contributed by atoms with Gasteiger partial charge >= 0.3 is 0 Å². The highest BCUT2D eigenvalue weighted by atomic mass is 19.1. The van der Waals surface area contributed by atoms with Gasteiger partial charge < -0.3 is 0 Å². The second kappa shape index (κ2) is 6.49. The molecule has 1 saturated heterocycles. The van der Waals surface area contributed by atoms with Crippen LogP contribution in [-0.4, -0.2) is 23.1 Å². The van der Waals surface area contributed by atoms with E-state index in [4.69, 9.17) is 0 Å². The maximum Gasteiger partial charge on any atom is 0.123 e. The molecule has 2 nitrogen and oxygen atoms in total. The summed E-state index contributed by atoms with van der Waals surface area (Å²) in [6, 6.07) is 8.38. The molecular formula is C16H25FN2. The van der Waals surface area contributed by atoms with E-state index in [9.17, 15) is 4.39 Å². The third kappa shape index (κ3) is 4.02. The van der Waals surface area contributed by atoms with Crippen LogP contribution >= 0.6 is 0 Å². The molecule has 1 heterocycles. The van der Waals surface area contributed by atoms with Gasteiger partial charge in [0.05, 0.1) is 0 Å². The number of nitrogens with zero attached hydrogens (tertiary/aromatic N) is 1. The van der Waals surface area contributed by atoms with E-state index in [1.165, 1.54) is 25.3 Å². The summed E-state index contributed by atoms with van der Waals surface area (Å²) in [5.74, 6) is -0.149. The molecule has 3 heteroatoms. The first-order chi connectivity index (χ1) is 9.06. The molecule has 0 saturated carbocycles. The Hall–Kier alpha value is -0.930. The third-order valence-electron chi connectivity index (χ3n) is 3.99. The Morgan fingerprint density at radius 1 is 1.32 bits per heavy atom. The van der Waals surface area contributed by atoms with Crippen molar-refractivity contribution in [2.24, 2.45) is 0 Å². The molecule has 1 aliphatic rings. The monoisotopic (exact) mass is 264 g/mol. The average molecular weight is 264 g/mol. The highest BCUT2D eigenvalue weighted by Crippen LogP contribution is 2.21. The van der Waals surface area contributed by atoms with Gasteiger partial charge in [-0.05, 0) is 57.7 Å². The Bertz CT molecular complexity index is 397. The van der Waals surface area contributed by atoms with Crippen molar-refractivity contribution in [3.05, 3.63) is 35.6 Å². The summed E-state index contributed by atoms with van der Waals surface area (Å²) >= 11 is 0. The number of benzene rings is 1. The molecule has 0 aromatic heterocycles. The lowest BCUT2D eigenvalue weighted by Gasteiger charge is -2.41. The van der Waals surface area contributed by atoms with Gasteiger partial charge in [-0.25, -0.2) is 9.40 Å². The summed E-state index contributed by atoms with van der Waals surface area (Å²) in [6.07, 6.45) is 4.68. The molecule has 1 aromatic rings. The third-order valence-corrected chi connectivity index (χ3v) is 3.99. The summed E-state index contributed by atoms with van der Waals surface area (Å²) in [6.45, 7) is 6.72. The smallest absolute Gasteiger partial charge is 0.123 e. The van der Waals surface area contributed by atoms with Gasteiger partial charge in [0.25, 0.3) is 0 Å². The van der Waals surface area contributed by atoms with Crippen LogP contribution in [0.5, 0.6) is 0 Å². The van der Waals surface area contributed by atoms with Gasteiger partial charge in [-0.2, -0.15) is 0 Å². The topological polar surface area (TPSA) is 15.3 Å². The Morgan fingerprint density at radius 2 is 2.00 bits per heavy atom. The van der Waals surface area contributed by atoms with Crippen LogP contribution in [0.2, 0.25) is 0 Å². The van der Waals surface area contributed by atoms with E-state index in [-0.39, 0.29) is 5.82 Å². The second-order valence-electron chi connectivity index (χ2n) is 5.90. The second-order valence-corrected chi connectivity index (χ2v) is 5.90. The molecule has 0 aliphatic carbocycles. The van der Waals surface area contributed by atoms with Gasteiger partial charge in [-0.3, -0.25) is 5.43 Å². The van der Waals surface area contributed by atoms with Crippen LogP contribution in [0.1, 0.15) is 45.6 Å². The molecule has 0 spiro atoms. The Morgan fingerprint density at radius 3 is 2.63 bits per heavy atom. The summed E-state index contributed by atoms with van der Waals surface area (Å²) in [5, 5.41) is 2.38. The van der Waals surface area contributed by atoms with Crippen molar-refractivity contribution in [3.8, 4) is 0 Å². The first-order valence-corrected chi connectivity index (χ1v) is 7.35. The van der Waals surface area contributed by atoms with E-state index in [0.717, 1.165) is 12.0 Å². The maximum absolute atomic E-state index is 13.2. The zero-order valence-corrected chi connectivity index (χ0v) is 12.2. The number of rotatable bonds is 4. The molecule has 1 aromatic carbocycles. The predicted octanol–water partition coefficient (Wildman–Crippen LogP) is 3.52. The Balaban J connectivity index is 1.91. The molecule has 106 valence electrons. The molecule has 0 amide bonds.